The lowest BCUT2D eigenvalue weighted by atomic mass is 10.2. The highest BCUT2D eigenvalue weighted by atomic mass is 35.5. The molecule has 0 aliphatic carbocycles. The average Bonchev–Trinajstić information content (AvgIpc) is 2.90. The van der Waals surface area contributed by atoms with E-state index < -0.39 is 5.97 Å². The third kappa shape index (κ3) is 3.02. The van der Waals surface area contributed by atoms with Crippen LogP contribution >= 0.6 is 22.9 Å². The second-order valence-corrected chi connectivity index (χ2v) is 5.22. The second kappa shape index (κ2) is 6.11. The van der Waals surface area contributed by atoms with E-state index in [0.29, 0.717) is 15.9 Å². The highest BCUT2D eigenvalue weighted by molar-refractivity contribution is 7.14. The first kappa shape index (κ1) is 14.6. The molecule has 0 aliphatic heterocycles. The third-order valence-corrected chi connectivity index (χ3v) is 3.79. The minimum atomic E-state index is -0.464. The number of rotatable bonds is 4. The predicted octanol–water partition coefficient (Wildman–Crippen LogP) is 3.64. The van der Waals surface area contributed by atoms with Crippen LogP contribution in [0.25, 0.3) is 0 Å². The molecule has 106 valence electrons. The van der Waals surface area contributed by atoms with Gasteiger partial charge in [0.25, 0.3) is 0 Å². The number of nitrogens with one attached hydrogen (secondary N) is 1. The number of hydrogen-bond acceptors (Lipinski definition) is 6. The van der Waals surface area contributed by atoms with Gasteiger partial charge in [-0.1, -0.05) is 11.6 Å². The SMILES string of the molecule is COC(=O)c1csc(Nc2cc(C)c(Cl)cc2OC)n1. The Labute approximate surface area is 125 Å². The fourth-order valence-electron chi connectivity index (χ4n) is 1.57. The van der Waals surface area contributed by atoms with Gasteiger partial charge >= 0.3 is 5.97 Å². The zero-order valence-corrected chi connectivity index (χ0v) is 12.8. The van der Waals surface area contributed by atoms with E-state index in [4.69, 9.17) is 16.3 Å². The van der Waals surface area contributed by atoms with Crippen LogP contribution in [-0.2, 0) is 4.74 Å². The summed E-state index contributed by atoms with van der Waals surface area (Å²) in [5.41, 5.74) is 1.92. The summed E-state index contributed by atoms with van der Waals surface area (Å²) >= 11 is 7.36. The first-order valence-electron chi connectivity index (χ1n) is 5.70. The number of esters is 1. The lowest BCUT2D eigenvalue weighted by Gasteiger charge is -2.11. The minimum absolute atomic E-state index is 0.268. The molecule has 1 aromatic carbocycles. The van der Waals surface area contributed by atoms with Crippen molar-refractivity contribution >= 4 is 39.7 Å². The molecule has 7 heteroatoms. The van der Waals surface area contributed by atoms with Gasteiger partial charge in [0.2, 0.25) is 0 Å². The van der Waals surface area contributed by atoms with Crippen molar-refractivity contribution in [3.8, 4) is 5.75 Å². The molecule has 0 saturated heterocycles. The monoisotopic (exact) mass is 312 g/mol. The van der Waals surface area contributed by atoms with Gasteiger partial charge in [0, 0.05) is 16.5 Å². The number of aromatic nitrogens is 1. The summed E-state index contributed by atoms with van der Waals surface area (Å²) in [6.07, 6.45) is 0. The molecule has 0 aliphatic rings. The summed E-state index contributed by atoms with van der Waals surface area (Å²) in [5.74, 6) is 0.143. The molecule has 1 heterocycles. The van der Waals surface area contributed by atoms with E-state index in [0.717, 1.165) is 11.3 Å². The van der Waals surface area contributed by atoms with E-state index in [-0.39, 0.29) is 5.69 Å². The Morgan fingerprint density at radius 2 is 2.15 bits per heavy atom. The van der Waals surface area contributed by atoms with E-state index in [2.05, 4.69) is 15.0 Å². The van der Waals surface area contributed by atoms with Gasteiger partial charge in [-0.2, -0.15) is 0 Å². The van der Waals surface area contributed by atoms with Gasteiger partial charge in [-0.3, -0.25) is 0 Å². The van der Waals surface area contributed by atoms with E-state index in [1.807, 2.05) is 13.0 Å². The standard InChI is InChI=1S/C13H13ClN2O3S/c1-7-4-9(11(18-2)5-8(7)14)15-13-16-10(6-20-13)12(17)19-3/h4-6H,1-3H3,(H,15,16). The summed E-state index contributed by atoms with van der Waals surface area (Å²) in [6, 6.07) is 3.59. The molecule has 0 bridgehead atoms. The summed E-state index contributed by atoms with van der Waals surface area (Å²) in [5, 5.41) is 5.94. The molecule has 0 atom stereocenters. The molecule has 5 nitrogen and oxygen atoms in total. The van der Waals surface area contributed by atoms with Gasteiger partial charge in [-0.05, 0) is 18.6 Å². The van der Waals surface area contributed by atoms with Crippen LogP contribution in [0.5, 0.6) is 5.75 Å². The summed E-state index contributed by atoms with van der Waals surface area (Å²) in [4.78, 5) is 15.5. The Kier molecular flexibility index (Phi) is 4.46. The van der Waals surface area contributed by atoms with E-state index in [1.54, 1.807) is 18.6 Å². The zero-order valence-electron chi connectivity index (χ0n) is 11.2. The van der Waals surface area contributed by atoms with Crippen molar-refractivity contribution in [3.05, 3.63) is 33.8 Å². The number of nitrogens with zero attached hydrogens (tertiary/aromatic N) is 1. The minimum Gasteiger partial charge on any atom is -0.495 e. The number of halogens is 1. The van der Waals surface area contributed by atoms with E-state index in [9.17, 15) is 4.79 Å². The lowest BCUT2D eigenvalue weighted by Crippen LogP contribution is -2.02. The number of ether oxygens (including phenoxy) is 2. The average molecular weight is 313 g/mol. The van der Waals surface area contributed by atoms with Gasteiger partial charge in [0.05, 0.1) is 19.9 Å². The molecule has 0 fully saturated rings. The van der Waals surface area contributed by atoms with Crippen molar-refractivity contribution in [2.45, 2.75) is 6.92 Å². The van der Waals surface area contributed by atoms with Gasteiger partial charge in [-0.25, -0.2) is 9.78 Å². The van der Waals surface area contributed by atoms with Crippen molar-refractivity contribution < 1.29 is 14.3 Å². The Hall–Kier alpha value is -1.79. The lowest BCUT2D eigenvalue weighted by molar-refractivity contribution is 0.0595. The molecule has 1 aromatic heterocycles. The number of hydrogen-bond donors (Lipinski definition) is 1. The first-order chi connectivity index (χ1) is 9.55. The van der Waals surface area contributed by atoms with Gasteiger partial charge in [0.15, 0.2) is 10.8 Å². The Morgan fingerprint density at radius 1 is 1.40 bits per heavy atom. The quantitative estimate of drug-likeness (QED) is 0.873. The topological polar surface area (TPSA) is 60.5 Å². The Bertz CT molecular complexity index is 643. The summed E-state index contributed by atoms with van der Waals surface area (Å²) in [7, 11) is 2.88. The Balaban J connectivity index is 2.27. The zero-order chi connectivity index (χ0) is 14.7. The maximum absolute atomic E-state index is 11.4. The van der Waals surface area contributed by atoms with E-state index in [1.165, 1.54) is 18.4 Å². The molecule has 2 rings (SSSR count). The molecule has 1 N–H and O–H groups in total. The van der Waals surface area contributed by atoms with Gasteiger partial charge < -0.3 is 14.8 Å². The number of anilines is 2. The van der Waals surface area contributed by atoms with Crippen molar-refractivity contribution in [3.63, 3.8) is 0 Å². The molecule has 0 spiro atoms. The normalized spacial score (nSPS) is 10.2. The van der Waals surface area contributed by atoms with Gasteiger partial charge in [-0.15, -0.1) is 11.3 Å². The fourth-order valence-corrected chi connectivity index (χ4v) is 2.42. The van der Waals surface area contributed by atoms with Crippen LogP contribution < -0.4 is 10.1 Å². The molecule has 0 unspecified atom stereocenters. The number of thiazole rings is 1. The third-order valence-electron chi connectivity index (χ3n) is 2.62. The van der Waals surface area contributed by atoms with E-state index >= 15 is 0 Å². The van der Waals surface area contributed by atoms with Crippen LogP contribution in [-0.4, -0.2) is 25.2 Å². The van der Waals surface area contributed by atoms with Crippen LogP contribution in [0.1, 0.15) is 16.1 Å². The van der Waals surface area contributed by atoms with Crippen molar-refractivity contribution in [2.24, 2.45) is 0 Å². The molecular weight excluding hydrogens is 300 g/mol. The summed E-state index contributed by atoms with van der Waals surface area (Å²) < 4.78 is 9.88. The number of aryl methyl sites for hydroxylation is 1. The van der Waals surface area contributed by atoms with Crippen LogP contribution in [0.15, 0.2) is 17.5 Å². The smallest absolute Gasteiger partial charge is 0.357 e. The van der Waals surface area contributed by atoms with Gasteiger partial charge in [0.1, 0.15) is 5.75 Å². The molecule has 20 heavy (non-hydrogen) atoms. The second-order valence-electron chi connectivity index (χ2n) is 3.96. The molecule has 0 amide bonds. The molecule has 0 radical (unpaired) electrons. The van der Waals surface area contributed by atoms with Crippen molar-refractivity contribution in [1.29, 1.82) is 0 Å². The highest BCUT2D eigenvalue weighted by Crippen LogP contribution is 2.33. The number of carbonyl (C=O) groups is 1. The molecule has 2 aromatic rings. The first-order valence-corrected chi connectivity index (χ1v) is 6.96. The molecular formula is C13H13ClN2O3S. The fraction of sp³-hybridized carbons (Fsp3) is 0.231. The van der Waals surface area contributed by atoms with Crippen LogP contribution in [0.3, 0.4) is 0 Å². The van der Waals surface area contributed by atoms with Crippen LogP contribution in [0, 0.1) is 6.92 Å². The van der Waals surface area contributed by atoms with Crippen LogP contribution in [0.4, 0.5) is 10.8 Å². The molecule has 0 saturated carbocycles. The number of benzene rings is 1. The maximum Gasteiger partial charge on any atom is 0.357 e. The highest BCUT2D eigenvalue weighted by Gasteiger charge is 2.13. The largest absolute Gasteiger partial charge is 0.495 e. The Morgan fingerprint density at radius 3 is 2.80 bits per heavy atom. The number of carbonyl (C=O) groups excluding carboxylic acids is 1. The van der Waals surface area contributed by atoms with Crippen molar-refractivity contribution in [2.75, 3.05) is 19.5 Å². The predicted molar refractivity (Wildman–Crippen MR) is 79.5 cm³/mol. The number of methoxy groups -OCH3 is 2. The summed E-state index contributed by atoms with van der Waals surface area (Å²) in [6.45, 7) is 1.90. The van der Waals surface area contributed by atoms with Crippen LogP contribution in [0.2, 0.25) is 5.02 Å². The maximum atomic E-state index is 11.4. The van der Waals surface area contributed by atoms with Crippen molar-refractivity contribution in [1.82, 2.24) is 4.98 Å².